The predicted octanol–water partition coefficient (Wildman–Crippen LogP) is 3.24. The number of ether oxygens (including phenoxy) is 1. The molecule has 0 aromatic carbocycles. The first-order chi connectivity index (χ1) is 8.63. The first kappa shape index (κ1) is 14.3. The van der Waals surface area contributed by atoms with Crippen LogP contribution < -0.4 is 0 Å². The SMILES string of the molecule is C/C=C\C(=C/C1C(C)CC1C(=O)OC)CN=[N+]=[N-]. The van der Waals surface area contributed by atoms with Gasteiger partial charge in [0, 0.05) is 4.91 Å². The first-order valence-electron chi connectivity index (χ1n) is 6.06. The van der Waals surface area contributed by atoms with Crippen molar-refractivity contribution in [1.29, 1.82) is 0 Å². The molecule has 1 fully saturated rings. The van der Waals surface area contributed by atoms with Gasteiger partial charge < -0.3 is 4.74 Å². The van der Waals surface area contributed by atoms with Crippen LogP contribution in [0.4, 0.5) is 0 Å². The predicted molar refractivity (Wildman–Crippen MR) is 69.7 cm³/mol. The molecule has 0 radical (unpaired) electrons. The number of rotatable bonds is 5. The van der Waals surface area contributed by atoms with Crippen molar-refractivity contribution in [3.05, 3.63) is 34.2 Å². The average molecular weight is 249 g/mol. The van der Waals surface area contributed by atoms with Crippen LogP contribution >= 0.6 is 0 Å². The van der Waals surface area contributed by atoms with E-state index in [9.17, 15) is 4.79 Å². The molecule has 0 aliphatic heterocycles. The quantitative estimate of drug-likeness (QED) is 0.246. The van der Waals surface area contributed by atoms with Crippen LogP contribution in [0.2, 0.25) is 0 Å². The average Bonchev–Trinajstić information content (AvgIpc) is 2.38. The van der Waals surface area contributed by atoms with Gasteiger partial charge in [-0.15, -0.1) is 0 Å². The molecule has 0 aromatic heterocycles. The van der Waals surface area contributed by atoms with Gasteiger partial charge in [-0.05, 0) is 36.3 Å². The summed E-state index contributed by atoms with van der Waals surface area (Å²) in [4.78, 5) is 14.3. The molecule has 0 saturated heterocycles. The van der Waals surface area contributed by atoms with Gasteiger partial charge in [0.25, 0.3) is 0 Å². The fraction of sp³-hybridized carbons (Fsp3) is 0.615. The lowest BCUT2D eigenvalue weighted by molar-refractivity contribution is -0.152. The fourth-order valence-corrected chi connectivity index (χ4v) is 2.34. The lowest BCUT2D eigenvalue weighted by Gasteiger charge is -2.39. The molecule has 5 heteroatoms. The van der Waals surface area contributed by atoms with Crippen molar-refractivity contribution in [2.75, 3.05) is 13.7 Å². The number of allylic oxidation sites excluding steroid dienone is 2. The maximum absolute atomic E-state index is 11.6. The summed E-state index contributed by atoms with van der Waals surface area (Å²) in [6, 6.07) is 0. The van der Waals surface area contributed by atoms with Crippen molar-refractivity contribution < 1.29 is 9.53 Å². The molecule has 0 bridgehead atoms. The van der Waals surface area contributed by atoms with Gasteiger partial charge in [-0.2, -0.15) is 0 Å². The summed E-state index contributed by atoms with van der Waals surface area (Å²) in [5, 5.41) is 3.56. The summed E-state index contributed by atoms with van der Waals surface area (Å²) in [6.45, 7) is 4.34. The van der Waals surface area contributed by atoms with Gasteiger partial charge >= 0.3 is 5.97 Å². The van der Waals surface area contributed by atoms with E-state index in [0.717, 1.165) is 12.0 Å². The van der Waals surface area contributed by atoms with E-state index in [4.69, 9.17) is 10.3 Å². The van der Waals surface area contributed by atoms with E-state index in [1.54, 1.807) is 0 Å². The Morgan fingerprint density at radius 2 is 2.33 bits per heavy atom. The molecule has 18 heavy (non-hydrogen) atoms. The van der Waals surface area contributed by atoms with Crippen LogP contribution in [-0.2, 0) is 9.53 Å². The minimum Gasteiger partial charge on any atom is -0.469 e. The van der Waals surface area contributed by atoms with Crippen molar-refractivity contribution in [3.8, 4) is 0 Å². The molecule has 5 nitrogen and oxygen atoms in total. The Hall–Kier alpha value is -1.74. The van der Waals surface area contributed by atoms with Crippen LogP contribution in [0.25, 0.3) is 10.4 Å². The van der Waals surface area contributed by atoms with E-state index < -0.39 is 0 Å². The van der Waals surface area contributed by atoms with Gasteiger partial charge in [-0.25, -0.2) is 0 Å². The lowest BCUT2D eigenvalue weighted by atomic mass is 9.65. The smallest absolute Gasteiger partial charge is 0.309 e. The Kier molecular flexibility index (Phi) is 5.46. The molecule has 3 unspecified atom stereocenters. The van der Waals surface area contributed by atoms with E-state index in [2.05, 4.69) is 16.9 Å². The molecule has 0 aromatic rings. The molecule has 0 spiro atoms. The zero-order chi connectivity index (χ0) is 13.5. The lowest BCUT2D eigenvalue weighted by Crippen LogP contribution is -2.39. The van der Waals surface area contributed by atoms with E-state index in [1.165, 1.54) is 7.11 Å². The third-order valence-electron chi connectivity index (χ3n) is 3.36. The number of azide groups is 1. The van der Waals surface area contributed by atoms with Crippen molar-refractivity contribution in [2.45, 2.75) is 20.3 Å². The molecular weight excluding hydrogens is 230 g/mol. The first-order valence-corrected chi connectivity index (χ1v) is 6.06. The summed E-state index contributed by atoms with van der Waals surface area (Å²) < 4.78 is 4.79. The molecular formula is C13H19N3O2. The molecule has 1 aliphatic carbocycles. The number of nitrogens with zero attached hydrogens (tertiary/aromatic N) is 3. The molecule has 0 heterocycles. The number of esters is 1. The maximum atomic E-state index is 11.6. The second kappa shape index (κ2) is 6.87. The van der Waals surface area contributed by atoms with Crippen molar-refractivity contribution in [1.82, 2.24) is 0 Å². The molecule has 98 valence electrons. The Morgan fingerprint density at radius 1 is 1.61 bits per heavy atom. The van der Waals surface area contributed by atoms with Crippen LogP contribution in [0.3, 0.4) is 0 Å². The summed E-state index contributed by atoms with van der Waals surface area (Å²) in [7, 11) is 1.42. The van der Waals surface area contributed by atoms with E-state index in [-0.39, 0.29) is 17.8 Å². The second-order valence-electron chi connectivity index (χ2n) is 4.55. The standard InChI is InChI=1S/C13H19N3O2/c1-4-5-10(8-15-16-14)7-11-9(2)6-12(11)13(17)18-3/h4-5,7,9,11-12H,6,8H2,1-3H3/b5-4-,10-7+. The zero-order valence-corrected chi connectivity index (χ0v) is 11.0. The van der Waals surface area contributed by atoms with Crippen LogP contribution in [0.1, 0.15) is 20.3 Å². The van der Waals surface area contributed by atoms with Gasteiger partial charge in [0.2, 0.25) is 0 Å². The van der Waals surface area contributed by atoms with Crippen LogP contribution in [0.5, 0.6) is 0 Å². The van der Waals surface area contributed by atoms with E-state index in [0.29, 0.717) is 12.5 Å². The number of methoxy groups -OCH3 is 1. The molecule has 1 aliphatic rings. The second-order valence-corrected chi connectivity index (χ2v) is 4.55. The van der Waals surface area contributed by atoms with Crippen LogP contribution in [0, 0.1) is 17.8 Å². The molecule has 1 saturated carbocycles. The molecule has 0 amide bonds. The fourth-order valence-electron chi connectivity index (χ4n) is 2.34. The van der Waals surface area contributed by atoms with E-state index in [1.807, 2.05) is 25.2 Å². The molecule has 1 rings (SSSR count). The Labute approximate surface area is 107 Å². The maximum Gasteiger partial charge on any atom is 0.309 e. The van der Waals surface area contributed by atoms with Gasteiger partial charge in [0.15, 0.2) is 0 Å². The third kappa shape index (κ3) is 3.37. The summed E-state index contributed by atoms with van der Waals surface area (Å²) in [5.41, 5.74) is 9.30. The van der Waals surface area contributed by atoms with Crippen LogP contribution in [-0.4, -0.2) is 19.6 Å². The highest BCUT2D eigenvalue weighted by molar-refractivity contribution is 5.74. The largest absolute Gasteiger partial charge is 0.469 e. The minimum atomic E-state index is -0.155. The number of hydrogen-bond acceptors (Lipinski definition) is 3. The monoisotopic (exact) mass is 249 g/mol. The molecule has 3 atom stereocenters. The highest BCUT2D eigenvalue weighted by Gasteiger charge is 2.41. The summed E-state index contributed by atoms with van der Waals surface area (Å²) >= 11 is 0. The number of carbonyl (C=O) groups excluding carboxylic acids is 1. The Bertz CT molecular complexity index is 408. The topological polar surface area (TPSA) is 75.1 Å². The molecule has 0 N–H and O–H groups in total. The van der Waals surface area contributed by atoms with Crippen molar-refractivity contribution >= 4 is 5.97 Å². The minimum absolute atomic E-state index is 0.0590. The normalized spacial score (nSPS) is 27.5. The van der Waals surface area contributed by atoms with Gasteiger partial charge in [-0.3, -0.25) is 4.79 Å². The Balaban J connectivity index is 2.81. The number of carbonyl (C=O) groups is 1. The summed E-state index contributed by atoms with van der Waals surface area (Å²) in [6.07, 6.45) is 6.70. The van der Waals surface area contributed by atoms with Gasteiger partial charge in [0.05, 0.1) is 19.6 Å². The van der Waals surface area contributed by atoms with Crippen molar-refractivity contribution in [2.24, 2.45) is 22.9 Å². The Morgan fingerprint density at radius 3 is 2.83 bits per heavy atom. The van der Waals surface area contributed by atoms with Crippen LogP contribution in [0.15, 0.2) is 28.9 Å². The summed E-state index contributed by atoms with van der Waals surface area (Å²) in [5.74, 6) is 0.423. The number of hydrogen-bond donors (Lipinski definition) is 0. The zero-order valence-electron chi connectivity index (χ0n) is 11.0. The van der Waals surface area contributed by atoms with Crippen molar-refractivity contribution in [3.63, 3.8) is 0 Å². The van der Waals surface area contributed by atoms with Gasteiger partial charge in [-0.1, -0.05) is 30.3 Å². The van der Waals surface area contributed by atoms with Gasteiger partial charge in [0.1, 0.15) is 0 Å². The van der Waals surface area contributed by atoms with E-state index >= 15 is 0 Å². The highest BCUT2D eigenvalue weighted by atomic mass is 16.5. The third-order valence-corrected chi connectivity index (χ3v) is 3.36. The highest BCUT2D eigenvalue weighted by Crippen LogP contribution is 2.42.